The third-order valence-electron chi connectivity index (χ3n) is 3.13. The smallest absolute Gasteiger partial charge is 0.165 e. The molecule has 1 saturated carbocycles. The minimum absolute atomic E-state index is 0.302. The van der Waals surface area contributed by atoms with Crippen molar-refractivity contribution in [2.24, 2.45) is 5.92 Å². The maximum Gasteiger partial charge on any atom is 0.165 e. The van der Waals surface area contributed by atoms with Crippen molar-refractivity contribution in [2.45, 2.75) is 32.2 Å². The SMILES string of the molecule is CCC(Nc1ccc(F)c(OC)c1)C1CC1. The number of benzene rings is 1. The minimum Gasteiger partial charge on any atom is -0.494 e. The predicted molar refractivity (Wildman–Crippen MR) is 63.4 cm³/mol. The highest BCUT2D eigenvalue weighted by molar-refractivity contribution is 5.49. The van der Waals surface area contributed by atoms with Crippen LogP contribution in [0.3, 0.4) is 0 Å². The van der Waals surface area contributed by atoms with Gasteiger partial charge in [-0.3, -0.25) is 0 Å². The second kappa shape index (κ2) is 4.73. The van der Waals surface area contributed by atoms with Gasteiger partial charge in [0.2, 0.25) is 0 Å². The Morgan fingerprint density at radius 2 is 2.25 bits per heavy atom. The van der Waals surface area contributed by atoms with E-state index in [9.17, 15) is 4.39 Å². The molecule has 0 heterocycles. The summed E-state index contributed by atoms with van der Waals surface area (Å²) in [6.07, 6.45) is 3.72. The molecule has 1 atom stereocenters. The van der Waals surface area contributed by atoms with Crippen molar-refractivity contribution in [2.75, 3.05) is 12.4 Å². The second-order valence-corrected chi connectivity index (χ2v) is 4.35. The molecule has 1 aromatic carbocycles. The zero-order chi connectivity index (χ0) is 11.5. The van der Waals surface area contributed by atoms with Gasteiger partial charge in [0, 0.05) is 17.8 Å². The van der Waals surface area contributed by atoms with E-state index in [1.807, 2.05) is 0 Å². The van der Waals surface area contributed by atoms with Gasteiger partial charge in [-0.2, -0.15) is 0 Å². The molecule has 3 heteroatoms. The first-order valence-electron chi connectivity index (χ1n) is 5.84. The van der Waals surface area contributed by atoms with Crippen LogP contribution < -0.4 is 10.1 Å². The molecule has 1 aromatic rings. The van der Waals surface area contributed by atoms with Crippen molar-refractivity contribution < 1.29 is 9.13 Å². The van der Waals surface area contributed by atoms with Gasteiger partial charge in [-0.05, 0) is 37.3 Å². The molecule has 2 nitrogen and oxygen atoms in total. The van der Waals surface area contributed by atoms with Gasteiger partial charge >= 0.3 is 0 Å². The number of halogens is 1. The van der Waals surface area contributed by atoms with E-state index >= 15 is 0 Å². The zero-order valence-corrected chi connectivity index (χ0v) is 9.79. The number of methoxy groups -OCH3 is 1. The summed E-state index contributed by atoms with van der Waals surface area (Å²) < 4.78 is 18.2. The molecule has 0 aliphatic heterocycles. The molecule has 2 rings (SSSR count). The van der Waals surface area contributed by atoms with Crippen LogP contribution in [-0.4, -0.2) is 13.2 Å². The van der Waals surface area contributed by atoms with Crippen LogP contribution in [0.15, 0.2) is 18.2 Å². The fourth-order valence-corrected chi connectivity index (χ4v) is 2.02. The lowest BCUT2D eigenvalue weighted by Crippen LogP contribution is -2.20. The van der Waals surface area contributed by atoms with Crippen molar-refractivity contribution >= 4 is 5.69 Å². The molecule has 1 fully saturated rings. The molecule has 0 radical (unpaired) electrons. The monoisotopic (exact) mass is 223 g/mol. The highest BCUT2D eigenvalue weighted by Gasteiger charge is 2.29. The summed E-state index contributed by atoms with van der Waals surface area (Å²) in [5.41, 5.74) is 0.942. The Bertz CT molecular complexity index is 363. The number of hydrogen-bond acceptors (Lipinski definition) is 2. The third kappa shape index (κ3) is 2.46. The average Bonchev–Trinajstić information content (AvgIpc) is 3.12. The van der Waals surface area contributed by atoms with Gasteiger partial charge in [0.05, 0.1) is 7.11 Å². The highest BCUT2D eigenvalue weighted by Crippen LogP contribution is 2.36. The van der Waals surface area contributed by atoms with Crippen LogP contribution in [0, 0.1) is 11.7 Å². The fourth-order valence-electron chi connectivity index (χ4n) is 2.02. The van der Waals surface area contributed by atoms with Crippen LogP contribution in [0.25, 0.3) is 0 Å². The van der Waals surface area contributed by atoms with E-state index in [-0.39, 0.29) is 5.82 Å². The Labute approximate surface area is 95.8 Å². The number of anilines is 1. The third-order valence-corrected chi connectivity index (χ3v) is 3.13. The van der Waals surface area contributed by atoms with Crippen molar-refractivity contribution in [3.8, 4) is 5.75 Å². The van der Waals surface area contributed by atoms with Gasteiger partial charge in [0.15, 0.2) is 11.6 Å². The largest absolute Gasteiger partial charge is 0.494 e. The first-order chi connectivity index (χ1) is 7.74. The van der Waals surface area contributed by atoms with Crippen LogP contribution in [0.1, 0.15) is 26.2 Å². The van der Waals surface area contributed by atoms with Gasteiger partial charge in [-0.25, -0.2) is 4.39 Å². The lowest BCUT2D eigenvalue weighted by Gasteiger charge is -2.18. The number of nitrogens with one attached hydrogen (secondary N) is 1. The maximum atomic E-state index is 13.2. The molecule has 1 aliphatic carbocycles. The molecular weight excluding hydrogens is 205 g/mol. The minimum atomic E-state index is -0.312. The first-order valence-corrected chi connectivity index (χ1v) is 5.84. The van der Waals surface area contributed by atoms with E-state index in [0.717, 1.165) is 18.0 Å². The summed E-state index contributed by atoms with van der Waals surface area (Å²) in [4.78, 5) is 0. The number of rotatable bonds is 5. The number of ether oxygens (including phenoxy) is 1. The second-order valence-electron chi connectivity index (χ2n) is 4.35. The van der Waals surface area contributed by atoms with Crippen LogP contribution in [0.2, 0.25) is 0 Å². The van der Waals surface area contributed by atoms with E-state index in [1.54, 1.807) is 12.1 Å². The van der Waals surface area contributed by atoms with E-state index in [0.29, 0.717) is 11.8 Å². The fraction of sp³-hybridized carbons (Fsp3) is 0.538. The molecule has 16 heavy (non-hydrogen) atoms. The van der Waals surface area contributed by atoms with Crippen molar-refractivity contribution in [1.29, 1.82) is 0 Å². The Balaban J connectivity index is 2.08. The maximum absolute atomic E-state index is 13.2. The van der Waals surface area contributed by atoms with Gasteiger partial charge in [0.1, 0.15) is 0 Å². The summed E-state index contributed by atoms with van der Waals surface area (Å²) in [6.45, 7) is 2.18. The van der Waals surface area contributed by atoms with Crippen LogP contribution >= 0.6 is 0 Å². The molecule has 1 N–H and O–H groups in total. The van der Waals surface area contributed by atoms with E-state index in [1.165, 1.54) is 26.0 Å². The first kappa shape index (κ1) is 11.2. The summed E-state index contributed by atoms with van der Waals surface area (Å²) >= 11 is 0. The molecule has 0 bridgehead atoms. The van der Waals surface area contributed by atoms with Crippen LogP contribution in [-0.2, 0) is 0 Å². The molecular formula is C13H18FNO. The Kier molecular flexibility index (Phi) is 3.32. The van der Waals surface area contributed by atoms with Crippen molar-refractivity contribution in [3.63, 3.8) is 0 Å². The molecule has 0 aromatic heterocycles. The van der Waals surface area contributed by atoms with Gasteiger partial charge < -0.3 is 10.1 Å². The topological polar surface area (TPSA) is 21.3 Å². The average molecular weight is 223 g/mol. The lowest BCUT2D eigenvalue weighted by atomic mass is 10.1. The van der Waals surface area contributed by atoms with Crippen LogP contribution in [0.4, 0.5) is 10.1 Å². The van der Waals surface area contributed by atoms with E-state index in [2.05, 4.69) is 12.2 Å². The molecule has 0 saturated heterocycles. The van der Waals surface area contributed by atoms with Gasteiger partial charge in [0.25, 0.3) is 0 Å². The Morgan fingerprint density at radius 3 is 2.81 bits per heavy atom. The molecule has 1 unspecified atom stereocenters. The quantitative estimate of drug-likeness (QED) is 0.825. The molecule has 1 aliphatic rings. The normalized spacial score (nSPS) is 16.9. The summed E-state index contributed by atoms with van der Waals surface area (Å²) in [7, 11) is 1.49. The lowest BCUT2D eigenvalue weighted by molar-refractivity contribution is 0.386. The van der Waals surface area contributed by atoms with Gasteiger partial charge in [-0.15, -0.1) is 0 Å². The zero-order valence-electron chi connectivity index (χ0n) is 9.79. The van der Waals surface area contributed by atoms with E-state index < -0.39 is 0 Å². The summed E-state index contributed by atoms with van der Waals surface area (Å²) in [6, 6.07) is 5.44. The summed E-state index contributed by atoms with van der Waals surface area (Å²) in [5.74, 6) is 0.782. The van der Waals surface area contributed by atoms with Crippen molar-refractivity contribution in [3.05, 3.63) is 24.0 Å². The van der Waals surface area contributed by atoms with Crippen LogP contribution in [0.5, 0.6) is 5.75 Å². The Hall–Kier alpha value is -1.25. The molecule has 0 amide bonds. The predicted octanol–water partition coefficient (Wildman–Crippen LogP) is 3.43. The number of hydrogen-bond donors (Lipinski definition) is 1. The van der Waals surface area contributed by atoms with E-state index in [4.69, 9.17) is 4.74 Å². The summed E-state index contributed by atoms with van der Waals surface area (Å²) in [5, 5.41) is 3.45. The molecule has 88 valence electrons. The highest BCUT2D eigenvalue weighted by atomic mass is 19.1. The molecule has 0 spiro atoms. The van der Waals surface area contributed by atoms with Gasteiger partial charge in [-0.1, -0.05) is 6.92 Å². The standard InChI is InChI=1S/C13H18FNO/c1-3-12(9-4-5-9)15-10-6-7-11(14)13(8-10)16-2/h6-9,12,15H,3-5H2,1-2H3. The van der Waals surface area contributed by atoms with Crippen molar-refractivity contribution in [1.82, 2.24) is 0 Å². The Morgan fingerprint density at radius 1 is 1.50 bits per heavy atom.